The molecule has 1 aliphatic carbocycles. The number of rotatable bonds is 7. The molecule has 3 rings (SSSR count). The number of aryl methyl sites for hydroxylation is 1. The molecular weight excluding hydrogens is 434 g/mol. The summed E-state index contributed by atoms with van der Waals surface area (Å²) < 4.78 is 4.87. The number of carbonyl (C=O) groups excluding carboxylic acids is 3. The molecule has 156 valence electrons. The zero-order chi connectivity index (χ0) is 21.8. The SMILES string of the molecule is NC(=O)c1c(NC(=O)COC(=O)/C=C/c2ccc(Cl)c([N+](=O)[O-])c2)sc2c1CCC2. The summed E-state index contributed by atoms with van der Waals surface area (Å²) in [4.78, 5) is 46.9. The van der Waals surface area contributed by atoms with Gasteiger partial charge in [-0.25, -0.2) is 4.79 Å². The van der Waals surface area contributed by atoms with Crippen molar-refractivity contribution in [2.24, 2.45) is 5.73 Å². The van der Waals surface area contributed by atoms with Crippen molar-refractivity contribution in [3.63, 3.8) is 0 Å². The first kappa shape index (κ1) is 21.5. The number of fused-ring (bicyclic) bond motifs is 1. The van der Waals surface area contributed by atoms with Crippen LogP contribution in [0.25, 0.3) is 6.08 Å². The quantitative estimate of drug-likeness (QED) is 0.288. The average molecular weight is 450 g/mol. The molecule has 1 aromatic heterocycles. The van der Waals surface area contributed by atoms with Crippen LogP contribution < -0.4 is 11.1 Å². The molecule has 0 saturated heterocycles. The Hall–Kier alpha value is -3.24. The fraction of sp³-hybridized carbons (Fsp3) is 0.211. The number of anilines is 1. The lowest BCUT2D eigenvalue weighted by molar-refractivity contribution is -0.384. The molecule has 0 atom stereocenters. The summed E-state index contributed by atoms with van der Waals surface area (Å²) in [5.74, 6) is -2.03. The van der Waals surface area contributed by atoms with Gasteiger partial charge in [0, 0.05) is 17.0 Å². The van der Waals surface area contributed by atoms with Crippen molar-refractivity contribution in [1.82, 2.24) is 0 Å². The second-order valence-corrected chi connectivity index (χ2v) is 7.90. The standard InChI is InChI=1S/C19H16ClN3O6S/c20-12-6-4-10(8-13(12)23(27)28)5-7-16(25)29-9-15(24)22-19-17(18(21)26)11-2-1-3-14(11)30-19/h4-8H,1-3,9H2,(H2,21,26)(H,22,24)/b7-5+. The van der Waals surface area contributed by atoms with Crippen molar-refractivity contribution < 1.29 is 24.0 Å². The highest BCUT2D eigenvalue weighted by molar-refractivity contribution is 7.17. The molecule has 1 heterocycles. The van der Waals surface area contributed by atoms with E-state index in [2.05, 4.69) is 5.32 Å². The molecule has 0 aliphatic heterocycles. The zero-order valence-electron chi connectivity index (χ0n) is 15.5. The molecule has 11 heteroatoms. The lowest BCUT2D eigenvalue weighted by Gasteiger charge is -2.06. The number of esters is 1. The van der Waals surface area contributed by atoms with Gasteiger partial charge in [-0.15, -0.1) is 11.3 Å². The van der Waals surface area contributed by atoms with Crippen LogP contribution in [0.15, 0.2) is 24.3 Å². The second kappa shape index (κ2) is 9.06. The van der Waals surface area contributed by atoms with E-state index in [0.29, 0.717) is 16.1 Å². The molecule has 0 radical (unpaired) electrons. The van der Waals surface area contributed by atoms with Crippen LogP contribution >= 0.6 is 22.9 Å². The van der Waals surface area contributed by atoms with Gasteiger partial charge in [-0.05, 0) is 42.5 Å². The summed E-state index contributed by atoms with van der Waals surface area (Å²) >= 11 is 7.03. The Morgan fingerprint density at radius 1 is 1.33 bits per heavy atom. The predicted molar refractivity (Wildman–Crippen MR) is 112 cm³/mol. The molecule has 0 saturated carbocycles. The number of carbonyl (C=O) groups is 3. The van der Waals surface area contributed by atoms with E-state index in [1.807, 2.05) is 0 Å². The molecule has 2 aromatic rings. The van der Waals surface area contributed by atoms with Crippen LogP contribution in [0.1, 0.15) is 32.8 Å². The van der Waals surface area contributed by atoms with Crippen molar-refractivity contribution in [2.45, 2.75) is 19.3 Å². The molecule has 30 heavy (non-hydrogen) atoms. The summed E-state index contributed by atoms with van der Waals surface area (Å²) in [6.07, 6.45) is 4.85. The number of halogens is 1. The summed E-state index contributed by atoms with van der Waals surface area (Å²) in [6.45, 7) is -0.565. The van der Waals surface area contributed by atoms with Gasteiger partial charge in [0.25, 0.3) is 17.5 Å². The van der Waals surface area contributed by atoms with Crippen LogP contribution in [0.4, 0.5) is 10.7 Å². The molecule has 1 aliphatic rings. The number of benzene rings is 1. The topological polar surface area (TPSA) is 142 Å². The van der Waals surface area contributed by atoms with Gasteiger partial charge in [0.2, 0.25) is 0 Å². The Labute approximate surface area is 179 Å². The Morgan fingerprint density at radius 3 is 2.80 bits per heavy atom. The minimum absolute atomic E-state index is 0.0220. The van der Waals surface area contributed by atoms with E-state index >= 15 is 0 Å². The largest absolute Gasteiger partial charge is 0.452 e. The van der Waals surface area contributed by atoms with Crippen LogP contribution in [-0.2, 0) is 27.2 Å². The van der Waals surface area contributed by atoms with Gasteiger partial charge >= 0.3 is 5.97 Å². The number of hydrogen-bond acceptors (Lipinski definition) is 7. The van der Waals surface area contributed by atoms with Gasteiger partial charge in [-0.1, -0.05) is 17.7 Å². The maximum Gasteiger partial charge on any atom is 0.331 e. The molecule has 0 spiro atoms. The number of amides is 2. The van der Waals surface area contributed by atoms with E-state index < -0.39 is 29.3 Å². The first-order valence-corrected chi connectivity index (χ1v) is 9.98. The van der Waals surface area contributed by atoms with Crippen LogP contribution in [0.2, 0.25) is 5.02 Å². The van der Waals surface area contributed by atoms with Gasteiger partial charge in [0.05, 0.1) is 10.5 Å². The number of ether oxygens (including phenoxy) is 1. The number of thiophene rings is 1. The van der Waals surface area contributed by atoms with Crippen LogP contribution in [-0.4, -0.2) is 29.3 Å². The maximum atomic E-state index is 12.1. The lowest BCUT2D eigenvalue weighted by Crippen LogP contribution is -2.22. The monoisotopic (exact) mass is 449 g/mol. The molecule has 9 nitrogen and oxygen atoms in total. The number of nitro groups is 1. The van der Waals surface area contributed by atoms with Gasteiger partial charge in [-0.2, -0.15) is 0 Å². The molecule has 1 aromatic carbocycles. The Bertz CT molecular complexity index is 1080. The lowest BCUT2D eigenvalue weighted by atomic mass is 10.1. The molecular formula is C19H16ClN3O6S. The molecule has 3 N–H and O–H groups in total. The minimum Gasteiger partial charge on any atom is -0.452 e. The first-order valence-electron chi connectivity index (χ1n) is 8.79. The third-order valence-electron chi connectivity index (χ3n) is 4.34. The third-order valence-corrected chi connectivity index (χ3v) is 5.87. The molecule has 2 amide bonds. The highest BCUT2D eigenvalue weighted by Gasteiger charge is 2.26. The van der Waals surface area contributed by atoms with Crippen molar-refractivity contribution in [1.29, 1.82) is 0 Å². The summed E-state index contributed by atoms with van der Waals surface area (Å²) in [7, 11) is 0. The minimum atomic E-state index is -0.813. The Kier molecular flexibility index (Phi) is 6.48. The fourth-order valence-corrected chi connectivity index (χ4v) is 4.54. The summed E-state index contributed by atoms with van der Waals surface area (Å²) in [5.41, 5.74) is 6.70. The second-order valence-electron chi connectivity index (χ2n) is 6.38. The Morgan fingerprint density at radius 2 is 2.10 bits per heavy atom. The first-order chi connectivity index (χ1) is 14.3. The van der Waals surface area contributed by atoms with Gasteiger partial charge < -0.3 is 15.8 Å². The van der Waals surface area contributed by atoms with E-state index in [9.17, 15) is 24.5 Å². The zero-order valence-corrected chi connectivity index (χ0v) is 17.0. The molecule has 0 unspecified atom stereocenters. The van der Waals surface area contributed by atoms with E-state index in [-0.39, 0.29) is 10.7 Å². The van der Waals surface area contributed by atoms with Gasteiger partial charge in [-0.3, -0.25) is 19.7 Å². The summed E-state index contributed by atoms with van der Waals surface area (Å²) in [5, 5.41) is 13.8. The highest BCUT2D eigenvalue weighted by atomic mass is 35.5. The Balaban J connectivity index is 1.57. The number of nitrogens with zero attached hydrogens (tertiary/aromatic N) is 1. The van der Waals surface area contributed by atoms with Crippen LogP contribution in [0.3, 0.4) is 0 Å². The molecule has 0 fully saturated rings. The number of nitrogens with one attached hydrogen (secondary N) is 1. The predicted octanol–water partition coefficient (Wildman–Crippen LogP) is 3.09. The fourth-order valence-electron chi connectivity index (χ4n) is 3.04. The summed E-state index contributed by atoms with van der Waals surface area (Å²) in [6, 6.07) is 4.04. The number of primary amides is 1. The molecule has 0 bridgehead atoms. The van der Waals surface area contributed by atoms with Crippen LogP contribution in [0, 0.1) is 10.1 Å². The smallest absolute Gasteiger partial charge is 0.331 e. The average Bonchev–Trinajstić information content (AvgIpc) is 3.25. The highest BCUT2D eigenvalue weighted by Crippen LogP contribution is 2.38. The van der Waals surface area contributed by atoms with E-state index in [4.69, 9.17) is 22.1 Å². The third kappa shape index (κ3) is 4.84. The number of nitrogens with two attached hydrogens (primary N) is 1. The van der Waals surface area contributed by atoms with E-state index in [1.165, 1.54) is 35.6 Å². The van der Waals surface area contributed by atoms with Crippen molar-refractivity contribution in [3.05, 3.63) is 61.0 Å². The van der Waals surface area contributed by atoms with Crippen molar-refractivity contribution in [2.75, 3.05) is 11.9 Å². The maximum absolute atomic E-state index is 12.1. The van der Waals surface area contributed by atoms with Gasteiger partial charge in [0.1, 0.15) is 10.0 Å². The van der Waals surface area contributed by atoms with Crippen molar-refractivity contribution >= 4 is 57.5 Å². The number of nitro benzene ring substituents is 1. The normalized spacial score (nSPS) is 12.6. The van der Waals surface area contributed by atoms with Crippen molar-refractivity contribution in [3.8, 4) is 0 Å². The van der Waals surface area contributed by atoms with Gasteiger partial charge in [0.15, 0.2) is 6.61 Å². The van der Waals surface area contributed by atoms with E-state index in [0.717, 1.165) is 35.8 Å². The van der Waals surface area contributed by atoms with Crippen LogP contribution in [0.5, 0.6) is 0 Å². The van der Waals surface area contributed by atoms with E-state index in [1.54, 1.807) is 0 Å². The number of hydrogen-bond donors (Lipinski definition) is 2.